The third kappa shape index (κ3) is 5.54. The van der Waals surface area contributed by atoms with Gasteiger partial charge in [-0.2, -0.15) is 0 Å². The zero-order chi connectivity index (χ0) is 24.1. The molecule has 1 aliphatic heterocycles. The Bertz CT molecular complexity index is 1150. The number of rotatable bonds is 6. The van der Waals surface area contributed by atoms with Gasteiger partial charge in [0.25, 0.3) is 5.91 Å². The molecule has 176 valence electrons. The van der Waals surface area contributed by atoms with E-state index >= 15 is 0 Å². The van der Waals surface area contributed by atoms with E-state index in [1.165, 1.54) is 6.26 Å². The van der Waals surface area contributed by atoms with Gasteiger partial charge in [-0.05, 0) is 42.3 Å². The van der Waals surface area contributed by atoms with E-state index in [1.54, 1.807) is 33.8 Å². The second-order valence-electron chi connectivity index (χ2n) is 8.59. The van der Waals surface area contributed by atoms with Gasteiger partial charge in [-0.3, -0.25) is 14.4 Å². The van der Waals surface area contributed by atoms with Gasteiger partial charge in [-0.25, -0.2) is 0 Å². The van der Waals surface area contributed by atoms with Gasteiger partial charge in [-0.15, -0.1) is 0 Å². The van der Waals surface area contributed by atoms with Gasteiger partial charge < -0.3 is 19.1 Å². The van der Waals surface area contributed by atoms with Crippen molar-refractivity contribution in [3.05, 3.63) is 89.4 Å². The van der Waals surface area contributed by atoms with E-state index in [4.69, 9.17) is 4.42 Å². The summed E-state index contributed by atoms with van der Waals surface area (Å²) in [6, 6.07) is 18.9. The second-order valence-corrected chi connectivity index (χ2v) is 8.59. The summed E-state index contributed by atoms with van der Waals surface area (Å²) in [6.07, 6.45) is 1.77. The van der Waals surface area contributed by atoms with Crippen LogP contribution in [-0.4, -0.2) is 53.7 Å². The minimum absolute atomic E-state index is 0.0410. The smallest absolute Gasteiger partial charge is 0.294 e. The van der Waals surface area contributed by atoms with Gasteiger partial charge >= 0.3 is 0 Å². The Hall–Kier alpha value is -3.87. The van der Waals surface area contributed by atoms with Gasteiger partial charge in [0.1, 0.15) is 0 Å². The van der Waals surface area contributed by atoms with Crippen molar-refractivity contribution in [1.82, 2.24) is 9.80 Å². The molecule has 1 saturated heterocycles. The predicted octanol–water partition coefficient (Wildman–Crippen LogP) is 3.67. The lowest BCUT2D eigenvalue weighted by Gasteiger charge is -2.34. The molecule has 4 rings (SSSR count). The van der Waals surface area contributed by atoms with Crippen LogP contribution in [-0.2, 0) is 22.6 Å². The second kappa shape index (κ2) is 10.4. The number of carbonyl (C=O) groups excluding carboxylic acids is 3. The van der Waals surface area contributed by atoms with Crippen molar-refractivity contribution < 1.29 is 18.8 Å². The Labute approximate surface area is 199 Å². The molecule has 0 aliphatic carbocycles. The molecule has 7 nitrogen and oxygen atoms in total. The summed E-state index contributed by atoms with van der Waals surface area (Å²) in [5.74, 6) is 0.136. The average molecular weight is 460 g/mol. The molecule has 2 heterocycles. The van der Waals surface area contributed by atoms with Crippen LogP contribution in [0.3, 0.4) is 0 Å². The maximum atomic E-state index is 13.2. The van der Waals surface area contributed by atoms with Crippen LogP contribution in [0.5, 0.6) is 0 Å². The fraction of sp³-hybridized carbons (Fsp3) is 0.296. The van der Waals surface area contributed by atoms with Crippen LogP contribution in [0.15, 0.2) is 71.3 Å². The normalized spacial score (nSPS) is 13.6. The molecule has 3 aromatic rings. The van der Waals surface area contributed by atoms with Crippen molar-refractivity contribution in [1.29, 1.82) is 0 Å². The SMILES string of the molecule is CC(=O)N1CCN(C(=O)Cc2ccc(N(Cc3cccc(C)c3)C(=O)c3ccco3)cc2)CC1. The van der Waals surface area contributed by atoms with Crippen LogP contribution in [0.2, 0.25) is 0 Å². The number of furan rings is 1. The molecule has 7 heteroatoms. The summed E-state index contributed by atoms with van der Waals surface area (Å²) in [5.41, 5.74) is 3.75. The summed E-state index contributed by atoms with van der Waals surface area (Å²) in [7, 11) is 0. The molecular formula is C27H29N3O4. The number of piperazine rings is 1. The fourth-order valence-electron chi connectivity index (χ4n) is 4.16. The molecule has 0 N–H and O–H groups in total. The summed E-state index contributed by atoms with van der Waals surface area (Å²) < 4.78 is 5.36. The van der Waals surface area contributed by atoms with E-state index in [-0.39, 0.29) is 29.9 Å². The molecule has 0 bridgehead atoms. The van der Waals surface area contributed by atoms with Crippen molar-refractivity contribution >= 4 is 23.4 Å². The Morgan fingerprint density at radius 2 is 1.59 bits per heavy atom. The van der Waals surface area contributed by atoms with Crippen molar-refractivity contribution in [2.24, 2.45) is 0 Å². The summed E-state index contributed by atoms with van der Waals surface area (Å²) in [6.45, 7) is 6.23. The number of hydrogen-bond acceptors (Lipinski definition) is 4. The van der Waals surface area contributed by atoms with Gasteiger partial charge in [-0.1, -0.05) is 42.0 Å². The maximum Gasteiger partial charge on any atom is 0.294 e. The van der Waals surface area contributed by atoms with E-state index in [9.17, 15) is 14.4 Å². The quantitative estimate of drug-likeness (QED) is 0.564. The van der Waals surface area contributed by atoms with E-state index in [0.717, 1.165) is 22.4 Å². The highest BCUT2D eigenvalue weighted by atomic mass is 16.3. The Morgan fingerprint density at radius 3 is 2.21 bits per heavy atom. The van der Waals surface area contributed by atoms with Crippen LogP contribution >= 0.6 is 0 Å². The third-order valence-electron chi connectivity index (χ3n) is 6.08. The molecule has 2 aromatic carbocycles. The van der Waals surface area contributed by atoms with Gasteiger partial charge in [0.15, 0.2) is 5.76 Å². The zero-order valence-corrected chi connectivity index (χ0v) is 19.6. The van der Waals surface area contributed by atoms with E-state index in [0.29, 0.717) is 32.7 Å². The van der Waals surface area contributed by atoms with E-state index in [2.05, 4.69) is 6.07 Å². The number of amides is 3. The Morgan fingerprint density at radius 1 is 0.882 bits per heavy atom. The summed E-state index contributed by atoms with van der Waals surface area (Å²) in [5, 5.41) is 0. The van der Waals surface area contributed by atoms with Crippen LogP contribution < -0.4 is 4.90 Å². The standard InChI is InChI=1S/C27H29N3O4/c1-20-5-3-6-23(17-20)19-30(27(33)25-7-4-16-34-25)24-10-8-22(9-11-24)18-26(32)29-14-12-28(13-15-29)21(2)31/h3-11,16-17H,12-15,18-19H2,1-2H3. The number of aryl methyl sites for hydroxylation is 1. The van der Waals surface area contributed by atoms with E-state index < -0.39 is 0 Å². The molecular weight excluding hydrogens is 430 g/mol. The van der Waals surface area contributed by atoms with Crippen molar-refractivity contribution in [2.75, 3.05) is 31.1 Å². The van der Waals surface area contributed by atoms with Crippen LogP contribution in [0.4, 0.5) is 5.69 Å². The average Bonchev–Trinajstić information content (AvgIpc) is 3.38. The molecule has 1 aromatic heterocycles. The first-order valence-electron chi connectivity index (χ1n) is 11.4. The summed E-state index contributed by atoms with van der Waals surface area (Å²) >= 11 is 0. The van der Waals surface area contributed by atoms with E-state index in [1.807, 2.05) is 49.4 Å². The molecule has 1 aliphatic rings. The zero-order valence-electron chi connectivity index (χ0n) is 19.6. The summed E-state index contributed by atoms with van der Waals surface area (Å²) in [4.78, 5) is 42.7. The van der Waals surface area contributed by atoms with Crippen molar-refractivity contribution in [3.63, 3.8) is 0 Å². The Balaban J connectivity index is 1.47. The minimum atomic E-state index is -0.223. The number of nitrogens with zero attached hydrogens (tertiary/aromatic N) is 3. The van der Waals surface area contributed by atoms with Gasteiger partial charge in [0.2, 0.25) is 11.8 Å². The molecule has 0 spiro atoms. The third-order valence-corrected chi connectivity index (χ3v) is 6.08. The number of carbonyl (C=O) groups is 3. The highest BCUT2D eigenvalue weighted by Gasteiger charge is 2.23. The van der Waals surface area contributed by atoms with Crippen molar-refractivity contribution in [3.8, 4) is 0 Å². The molecule has 34 heavy (non-hydrogen) atoms. The van der Waals surface area contributed by atoms with Gasteiger partial charge in [0, 0.05) is 38.8 Å². The number of anilines is 1. The van der Waals surface area contributed by atoms with Crippen LogP contribution in [0.25, 0.3) is 0 Å². The molecule has 3 amide bonds. The fourth-order valence-corrected chi connectivity index (χ4v) is 4.16. The first-order valence-corrected chi connectivity index (χ1v) is 11.4. The van der Waals surface area contributed by atoms with Crippen LogP contribution in [0, 0.1) is 6.92 Å². The minimum Gasteiger partial charge on any atom is -0.459 e. The first kappa shape index (κ1) is 23.3. The Kier molecular flexibility index (Phi) is 7.11. The number of benzene rings is 2. The highest BCUT2D eigenvalue weighted by Crippen LogP contribution is 2.22. The lowest BCUT2D eigenvalue weighted by Crippen LogP contribution is -2.50. The lowest BCUT2D eigenvalue weighted by atomic mass is 10.1. The molecule has 1 fully saturated rings. The van der Waals surface area contributed by atoms with Crippen molar-refractivity contribution in [2.45, 2.75) is 26.8 Å². The van der Waals surface area contributed by atoms with Crippen LogP contribution in [0.1, 0.15) is 34.2 Å². The number of hydrogen-bond donors (Lipinski definition) is 0. The molecule has 0 radical (unpaired) electrons. The molecule has 0 atom stereocenters. The topological polar surface area (TPSA) is 74.1 Å². The first-order chi connectivity index (χ1) is 16.4. The lowest BCUT2D eigenvalue weighted by molar-refractivity contribution is -0.138. The molecule has 0 unspecified atom stereocenters. The van der Waals surface area contributed by atoms with Gasteiger partial charge in [0.05, 0.1) is 19.2 Å². The highest BCUT2D eigenvalue weighted by molar-refractivity contribution is 6.04. The monoisotopic (exact) mass is 459 g/mol. The largest absolute Gasteiger partial charge is 0.459 e. The maximum absolute atomic E-state index is 13.2. The molecule has 0 saturated carbocycles. The predicted molar refractivity (Wildman–Crippen MR) is 129 cm³/mol.